The van der Waals surface area contributed by atoms with Crippen LogP contribution in [-0.2, 0) is 0 Å². The number of hydrogen-bond acceptors (Lipinski definition) is 4. The third kappa shape index (κ3) is 2.46. The van der Waals surface area contributed by atoms with Crippen LogP contribution in [0.2, 0.25) is 0 Å². The second-order valence-corrected chi connectivity index (χ2v) is 5.64. The highest BCUT2D eigenvalue weighted by molar-refractivity contribution is 6.07. The Morgan fingerprint density at radius 1 is 1.08 bits per heavy atom. The van der Waals surface area contributed by atoms with Crippen molar-refractivity contribution in [2.75, 3.05) is 0 Å². The molecule has 0 aliphatic rings. The number of aryl methyl sites for hydroxylation is 1. The van der Waals surface area contributed by atoms with Crippen LogP contribution in [0.25, 0.3) is 22.6 Å². The van der Waals surface area contributed by atoms with Crippen LogP contribution in [0, 0.1) is 6.92 Å². The third-order valence-electron chi connectivity index (χ3n) is 3.92. The molecule has 24 heavy (non-hydrogen) atoms. The van der Waals surface area contributed by atoms with Crippen molar-refractivity contribution in [3.05, 3.63) is 77.4 Å². The van der Waals surface area contributed by atoms with E-state index in [1.807, 2.05) is 43.3 Å². The topological polar surface area (TPSA) is 60.2 Å². The molecule has 0 amide bonds. The first-order valence-corrected chi connectivity index (χ1v) is 7.61. The number of nitrogens with zero attached hydrogens (tertiary/aromatic N) is 4. The maximum absolute atomic E-state index is 12.3. The molecule has 5 nitrogen and oxygen atoms in total. The summed E-state index contributed by atoms with van der Waals surface area (Å²) >= 11 is 0. The number of carbonyl (C=O) groups is 1. The van der Waals surface area contributed by atoms with Gasteiger partial charge in [0.2, 0.25) is 0 Å². The standard InChI is InChI=1S/C19H14N4O/c1-13-7-9-17-16(11-13)12-15(19-20-21-22-23(17)19)8-10-18(24)14-5-3-2-4-6-14/h2-12H,1H3/b10-8+. The molecule has 0 bridgehead atoms. The molecule has 0 unspecified atom stereocenters. The zero-order valence-corrected chi connectivity index (χ0v) is 13.0. The molecular formula is C19H14N4O. The molecule has 5 heteroatoms. The first-order valence-electron chi connectivity index (χ1n) is 7.61. The smallest absolute Gasteiger partial charge is 0.187 e. The number of carbonyl (C=O) groups excluding carboxylic acids is 1. The Morgan fingerprint density at radius 3 is 2.75 bits per heavy atom. The number of rotatable bonds is 3. The Bertz CT molecular complexity index is 1080. The molecular weight excluding hydrogens is 300 g/mol. The summed E-state index contributed by atoms with van der Waals surface area (Å²) in [5, 5.41) is 12.9. The van der Waals surface area contributed by atoms with Gasteiger partial charge < -0.3 is 0 Å². The van der Waals surface area contributed by atoms with Gasteiger partial charge in [-0.2, -0.15) is 4.52 Å². The molecule has 0 radical (unpaired) electrons. The molecule has 0 saturated carbocycles. The van der Waals surface area contributed by atoms with Crippen molar-refractivity contribution in [2.24, 2.45) is 0 Å². The molecule has 0 fully saturated rings. The van der Waals surface area contributed by atoms with Crippen LogP contribution in [0.3, 0.4) is 0 Å². The Labute approximate surface area is 138 Å². The summed E-state index contributed by atoms with van der Waals surface area (Å²) < 4.78 is 1.70. The number of tetrazole rings is 1. The zero-order chi connectivity index (χ0) is 16.5. The minimum Gasteiger partial charge on any atom is -0.289 e. The largest absolute Gasteiger partial charge is 0.289 e. The molecule has 0 aliphatic carbocycles. The lowest BCUT2D eigenvalue weighted by atomic mass is 10.1. The summed E-state index contributed by atoms with van der Waals surface area (Å²) in [4.78, 5) is 12.3. The van der Waals surface area contributed by atoms with E-state index in [4.69, 9.17) is 0 Å². The number of fused-ring (bicyclic) bond motifs is 3. The first-order chi connectivity index (χ1) is 11.7. The van der Waals surface area contributed by atoms with Crippen LogP contribution in [0.4, 0.5) is 0 Å². The van der Waals surface area contributed by atoms with Gasteiger partial charge in [-0.1, -0.05) is 42.0 Å². The second-order valence-electron chi connectivity index (χ2n) is 5.64. The molecule has 0 saturated heterocycles. The van der Waals surface area contributed by atoms with E-state index in [-0.39, 0.29) is 5.78 Å². The van der Waals surface area contributed by atoms with Gasteiger partial charge in [0, 0.05) is 16.5 Å². The lowest BCUT2D eigenvalue weighted by Gasteiger charge is -2.04. The molecule has 2 aromatic heterocycles. The van der Waals surface area contributed by atoms with E-state index < -0.39 is 0 Å². The van der Waals surface area contributed by atoms with E-state index in [2.05, 4.69) is 21.6 Å². The predicted molar refractivity (Wildman–Crippen MR) is 92.8 cm³/mol. The molecule has 2 aromatic carbocycles. The fourth-order valence-electron chi connectivity index (χ4n) is 2.73. The molecule has 4 rings (SSSR count). The quantitative estimate of drug-likeness (QED) is 0.429. The first kappa shape index (κ1) is 14.3. The Hall–Kier alpha value is -3.34. The average Bonchev–Trinajstić information content (AvgIpc) is 3.10. The summed E-state index contributed by atoms with van der Waals surface area (Å²) in [6, 6.07) is 17.3. The van der Waals surface area contributed by atoms with Gasteiger partial charge in [-0.15, -0.1) is 5.10 Å². The lowest BCUT2D eigenvalue weighted by Crippen LogP contribution is -1.96. The predicted octanol–water partition coefficient (Wildman–Crippen LogP) is 3.48. The number of ketones is 1. The molecule has 116 valence electrons. The minimum absolute atomic E-state index is 0.0504. The Balaban J connectivity index is 1.82. The summed E-state index contributed by atoms with van der Waals surface area (Å²) in [5.41, 5.74) is 4.18. The highest BCUT2D eigenvalue weighted by atomic mass is 16.1. The SMILES string of the molecule is Cc1ccc2c(c1)cc(/C=C/C(=O)c1ccccc1)c1nnnn12. The molecule has 4 aromatic rings. The van der Waals surface area contributed by atoms with E-state index in [0.29, 0.717) is 11.2 Å². The Kier molecular flexibility index (Phi) is 3.39. The average molecular weight is 314 g/mol. The highest BCUT2D eigenvalue weighted by Gasteiger charge is 2.09. The van der Waals surface area contributed by atoms with Gasteiger partial charge in [-0.05, 0) is 47.7 Å². The van der Waals surface area contributed by atoms with Crippen LogP contribution in [0.1, 0.15) is 21.5 Å². The summed E-state index contributed by atoms with van der Waals surface area (Å²) in [7, 11) is 0. The van der Waals surface area contributed by atoms with Gasteiger partial charge in [0.1, 0.15) is 0 Å². The van der Waals surface area contributed by atoms with Crippen LogP contribution in [0.5, 0.6) is 0 Å². The van der Waals surface area contributed by atoms with Crippen LogP contribution in [-0.4, -0.2) is 25.8 Å². The highest BCUT2D eigenvalue weighted by Crippen LogP contribution is 2.21. The monoisotopic (exact) mass is 314 g/mol. The van der Waals surface area contributed by atoms with E-state index in [1.54, 1.807) is 28.8 Å². The van der Waals surface area contributed by atoms with Gasteiger partial charge in [-0.3, -0.25) is 4.79 Å². The summed E-state index contributed by atoms with van der Waals surface area (Å²) in [5.74, 6) is -0.0504. The van der Waals surface area contributed by atoms with Gasteiger partial charge >= 0.3 is 0 Å². The van der Waals surface area contributed by atoms with Crippen molar-refractivity contribution in [3.63, 3.8) is 0 Å². The van der Waals surface area contributed by atoms with Crippen molar-refractivity contribution in [2.45, 2.75) is 6.92 Å². The fourth-order valence-corrected chi connectivity index (χ4v) is 2.73. The van der Waals surface area contributed by atoms with Crippen LogP contribution in [0.15, 0.2) is 60.7 Å². The van der Waals surface area contributed by atoms with Crippen LogP contribution >= 0.6 is 0 Å². The zero-order valence-electron chi connectivity index (χ0n) is 13.0. The fraction of sp³-hybridized carbons (Fsp3) is 0.0526. The lowest BCUT2D eigenvalue weighted by molar-refractivity contribution is 0.104. The molecule has 0 N–H and O–H groups in total. The molecule has 0 aliphatic heterocycles. The third-order valence-corrected chi connectivity index (χ3v) is 3.92. The summed E-state index contributed by atoms with van der Waals surface area (Å²) in [6.45, 7) is 2.04. The summed E-state index contributed by atoms with van der Waals surface area (Å²) in [6.07, 6.45) is 3.32. The minimum atomic E-state index is -0.0504. The van der Waals surface area contributed by atoms with E-state index >= 15 is 0 Å². The van der Waals surface area contributed by atoms with Crippen molar-refractivity contribution in [3.8, 4) is 0 Å². The number of hydrogen-bond donors (Lipinski definition) is 0. The second kappa shape index (κ2) is 5.70. The number of benzene rings is 2. The number of pyridine rings is 1. The Morgan fingerprint density at radius 2 is 1.92 bits per heavy atom. The van der Waals surface area contributed by atoms with Gasteiger partial charge in [0.25, 0.3) is 0 Å². The van der Waals surface area contributed by atoms with Gasteiger partial charge in [-0.25, -0.2) is 0 Å². The maximum atomic E-state index is 12.3. The maximum Gasteiger partial charge on any atom is 0.187 e. The van der Waals surface area contributed by atoms with E-state index in [1.165, 1.54) is 0 Å². The van der Waals surface area contributed by atoms with E-state index in [9.17, 15) is 4.79 Å². The van der Waals surface area contributed by atoms with Crippen molar-refractivity contribution < 1.29 is 4.79 Å². The van der Waals surface area contributed by atoms with Crippen LogP contribution < -0.4 is 0 Å². The van der Waals surface area contributed by atoms with Gasteiger partial charge in [0.15, 0.2) is 11.4 Å². The molecule has 0 spiro atoms. The van der Waals surface area contributed by atoms with Gasteiger partial charge in [0.05, 0.1) is 5.52 Å². The number of allylic oxidation sites excluding steroid dienone is 1. The van der Waals surface area contributed by atoms with Crippen molar-refractivity contribution >= 4 is 28.4 Å². The number of aromatic nitrogens is 4. The normalized spacial score (nSPS) is 11.5. The van der Waals surface area contributed by atoms with Crippen molar-refractivity contribution in [1.82, 2.24) is 20.0 Å². The molecule has 0 atom stereocenters. The van der Waals surface area contributed by atoms with Crippen molar-refractivity contribution in [1.29, 1.82) is 0 Å². The van der Waals surface area contributed by atoms with E-state index in [0.717, 1.165) is 22.0 Å². The molecule has 2 heterocycles.